The predicted octanol–water partition coefficient (Wildman–Crippen LogP) is -1.08. The third kappa shape index (κ3) is 44.9. The molecule has 3 heterocycles. The Morgan fingerprint density at radius 1 is 0.363 bits per heavy atom. The van der Waals surface area contributed by atoms with Gasteiger partial charge in [-0.15, -0.1) is 0 Å². The van der Waals surface area contributed by atoms with Gasteiger partial charge in [0.1, 0.15) is 73.1 Å². The standard InChI is InChI=1S/C79H145N9O34P2/c1-5-57-30-31-58(50-57)112-45-36-87(66(100)28-16-7-19-33-81-63(97)25-13-10-22-43-114-78-69(84-55(3)94)75(106)72(103)60(52-91)121-78)38-47-117-124(110,111)119-49-40-88(67(101)29-17-8-20-34-82-64(98)26-14-11-23-44-115-79-70(85-56(4)95)76(107)73(104)61(53-92)122-79)39-48-118-123(108,109)116-46-37-86(35-41-89)65(99)27-15-6-18-32-80-62(96)24-12-9-21-42-113-77-68(83-54(2)93)74(105)71(102)59(51-90)120-77/h57-61,68-79,89-92,102-107H,5-53H2,1-4H3,(H,80,96)(H,81,97)(H,82,98)(H,83,93)(H,84,94)(H,85,95)(H,108,109)(H,110,111). The Bertz CT molecular complexity index is 3170. The van der Waals surface area contributed by atoms with Crippen molar-refractivity contribution >= 4 is 68.8 Å². The van der Waals surface area contributed by atoms with Crippen LogP contribution in [0.5, 0.6) is 0 Å². The lowest BCUT2D eigenvalue weighted by Crippen LogP contribution is -2.64. The van der Waals surface area contributed by atoms with Gasteiger partial charge in [-0.05, 0) is 102 Å². The maximum Gasteiger partial charge on any atom is 0.472 e. The third-order valence-corrected chi connectivity index (χ3v) is 23.6. The van der Waals surface area contributed by atoms with Crippen LogP contribution in [0.1, 0.15) is 207 Å². The van der Waals surface area contributed by atoms with Gasteiger partial charge < -0.3 is 141 Å². The van der Waals surface area contributed by atoms with E-state index >= 15 is 0 Å². The molecule has 43 nitrogen and oxygen atoms in total. The molecule has 0 aromatic rings. The number of hydrogen-bond donors (Lipinski definition) is 18. The van der Waals surface area contributed by atoms with Crippen LogP contribution < -0.4 is 31.9 Å². The summed E-state index contributed by atoms with van der Waals surface area (Å²) in [4.78, 5) is 139. The van der Waals surface area contributed by atoms with E-state index in [1.54, 1.807) is 0 Å². The summed E-state index contributed by atoms with van der Waals surface area (Å²) >= 11 is 0. The second-order valence-electron chi connectivity index (χ2n) is 31.5. The van der Waals surface area contributed by atoms with Crippen LogP contribution in [0.4, 0.5) is 0 Å². The monoisotopic (exact) mass is 1830 g/mol. The van der Waals surface area contributed by atoms with E-state index in [2.05, 4.69) is 38.8 Å². The largest absolute Gasteiger partial charge is 0.472 e. The summed E-state index contributed by atoms with van der Waals surface area (Å²) in [5.41, 5.74) is 0. The molecular weight excluding hydrogens is 1680 g/mol. The average Bonchev–Trinajstić information content (AvgIpc) is 0.853. The molecule has 124 heavy (non-hydrogen) atoms. The first-order valence-electron chi connectivity index (χ1n) is 43.9. The van der Waals surface area contributed by atoms with Gasteiger partial charge in [0.2, 0.25) is 53.2 Å². The van der Waals surface area contributed by atoms with Gasteiger partial charge in [0, 0.05) is 138 Å². The Balaban J connectivity index is 1.23. The highest BCUT2D eigenvalue weighted by molar-refractivity contribution is 7.47. The molecule has 0 aromatic carbocycles. The third-order valence-electron chi connectivity index (χ3n) is 21.6. The fourth-order valence-electron chi connectivity index (χ4n) is 14.5. The second kappa shape index (κ2) is 62.9. The number of nitrogens with one attached hydrogen (secondary N) is 6. The van der Waals surface area contributed by atoms with E-state index in [-0.39, 0.29) is 146 Å². The molecule has 4 fully saturated rings. The number of unbranched alkanes of at least 4 members (excludes halogenated alkanes) is 12. The van der Waals surface area contributed by atoms with Gasteiger partial charge >= 0.3 is 15.6 Å². The van der Waals surface area contributed by atoms with Crippen molar-refractivity contribution < 1.29 is 164 Å². The first-order valence-corrected chi connectivity index (χ1v) is 46.9. The lowest BCUT2D eigenvalue weighted by atomic mass is 9.97. The quantitative estimate of drug-likeness (QED) is 0.0254. The van der Waals surface area contributed by atoms with E-state index in [1.807, 2.05) is 0 Å². The number of aliphatic hydroxyl groups is 10. The molecular formula is C79H145N9O34P2. The van der Waals surface area contributed by atoms with Crippen molar-refractivity contribution in [1.29, 1.82) is 0 Å². The number of carbonyl (C=O) groups is 9. The van der Waals surface area contributed by atoms with E-state index in [9.17, 15) is 113 Å². The van der Waals surface area contributed by atoms with Crippen LogP contribution in [0, 0.1) is 5.92 Å². The molecule has 9 amide bonds. The average molecular weight is 1830 g/mol. The van der Waals surface area contributed by atoms with Crippen LogP contribution in [-0.2, 0) is 104 Å². The van der Waals surface area contributed by atoms with Crippen molar-refractivity contribution in [3.8, 4) is 0 Å². The summed E-state index contributed by atoms with van der Waals surface area (Å²) in [6.45, 7) is 2.30. The van der Waals surface area contributed by atoms with E-state index in [0.29, 0.717) is 135 Å². The fourth-order valence-corrected chi connectivity index (χ4v) is 15.9. The number of phosphoric acid groups is 2. The van der Waals surface area contributed by atoms with Gasteiger partial charge in [0.05, 0.1) is 65.6 Å². The van der Waals surface area contributed by atoms with Gasteiger partial charge in [-0.1, -0.05) is 51.9 Å². The molecule has 1 aliphatic carbocycles. The summed E-state index contributed by atoms with van der Waals surface area (Å²) in [5.74, 6) is -2.59. The van der Waals surface area contributed by atoms with Crippen LogP contribution >= 0.6 is 15.6 Å². The number of carbonyl (C=O) groups excluding carboxylic acids is 9. The molecule has 0 spiro atoms. The highest BCUT2D eigenvalue weighted by Crippen LogP contribution is 2.44. The first-order chi connectivity index (χ1) is 59.3. The van der Waals surface area contributed by atoms with E-state index < -0.39 is 184 Å². The zero-order valence-electron chi connectivity index (χ0n) is 72.5. The first kappa shape index (κ1) is 111. The molecule has 0 aromatic heterocycles. The smallest absolute Gasteiger partial charge is 0.395 e. The molecule has 720 valence electrons. The highest BCUT2D eigenvalue weighted by atomic mass is 31.2. The molecule has 3 aliphatic heterocycles. The highest BCUT2D eigenvalue weighted by Gasteiger charge is 2.48. The van der Waals surface area contributed by atoms with Gasteiger partial charge in [-0.25, -0.2) is 9.13 Å². The molecule has 0 bridgehead atoms. The van der Waals surface area contributed by atoms with Gasteiger partial charge in [0.25, 0.3) is 0 Å². The predicted molar refractivity (Wildman–Crippen MR) is 441 cm³/mol. The Morgan fingerprint density at radius 3 is 0.935 bits per heavy atom. The Hall–Kier alpha value is -5.23. The molecule has 4 rings (SSSR count). The van der Waals surface area contributed by atoms with Crippen molar-refractivity contribution in [3.05, 3.63) is 0 Å². The number of nitrogens with zero attached hydrogens (tertiary/aromatic N) is 3. The van der Waals surface area contributed by atoms with Crippen LogP contribution in [0.25, 0.3) is 0 Å². The Labute approximate surface area is 726 Å². The SMILES string of the molecule is CCC1CCC(OCCN(CCOP(=O)(O)OCCN(CCOP(=O)(O)OCCN(CCO)C(=O)CCCCCNC(=O)CCCCCOC2OC(CO)C(O)C(O)C2NC(C)=O)C(=O)CCCCCNC(=O)CCCCCOC2OC(CO)C(O)C(O)C2NC(C)=O)C(=O)CCCCCNC(=O)CCCCCOC2OC(CO)C(O)C(O)C2NC(C)=O)C1. The summed E-state index contributed by atoms with van der Waals surface area (Å²) in [6.07, 6.45) is -1.48. The maximum atomic E-state index is 13.8. The van der Waals surface area contributed by atoms with Crippen molar-refractivity contribution in [1.82, 2.24) is 46.6 Å². The molecule has 18 N–H and O–H groups in total. The lowest BCUT2D eigenvalue weighted by molar-refractivity contribution is -0.270. The van der Waals surface area contributed by atoms with Crippen LogP contribution in [-0.4, -0.2) is 365 Å². The normalized spacial score (nSPS) is 25.4. The van der Waals surface area contributed by atoms with E-state index in [1.165, 1.54) is 35.5 Å². The topological polar surface area (TPSA) is 614 Å². The van der Waals surface area contributed by atoms with Crippen molar-refractivity contribution in [3.63, 3.8) is 0 Å². The van der Waals surface area contributed by atoms with Gasteiger partial charge in [-0.3, -0.25) is 61.2 Å². The number of phosphoric ester groups is 2. The summed E-state index contributed by atoms with van der Waals surface area (Å²) in [5, 5.41) is 117. The number of amides is 9. The fraction of sp³-hybridized carbons (Fsp3) is 0.886. The minimum atomic E-state index is -4.86. The molecule has 0 radical (unpaired) electrons. The number of hydrogen-bond acceptors (Lipinski definition) is 32. The lowest BCUT2D eigenvalue weighted by Gasteiger charge is -2.42. The van der Waals surface area contributed by atoms with Crippen molar-refractivity contribution in [2.75, 3.05) is 138 Å². The minimum absolute atomic E-state index is 0.0304. The number of ether oxygens (including phenoxy) is 7. The number of rotatable bonds is 68. The number of aliphatic hydroxyl groups excluding tert-OH is 10. The zero-order chi connectivity index (χ0) is 91.4. The Morgan fingerprint density at radius 2 is 0.653 bits per heavy atom. The minimum Gasteiger partial charge on any atom is -0.395 e. The molecule has 19 unspecified atom stereocenters. The van der Waals surface area contributed by atoms with Crippen LogP contribution in [0.15, 0.2) is 0 Å². The molecule has 3 saturated heterocycles. The van der Waals surface area contributed by atoms with Gasteiger partial charge in [0.15, 0.2) is 18.9 Å². The maximum absolute atomic E-state index is 13.8. The summed E-state index contributed by atoms with van der Waals surface area (Å²) in [6, 6.07) is -3.21. The molecule has 1 saturated carbocycles. The van der Waals surface area contributed by atoms with Crippen LogP contribution in [0.3, 0.4) is 0 Å². The van der Waals surface area contributed by atoms with Crippen LogP contribution in [0.2, 0.25) is 0 Å². The summed E-state index contributed by atoms with van der Waals surface area (Å²) < 4.78 is 87.8. The zero-order valence-corrected chi connectivity index (χ0v) is 74.3. The van der Waals surface area contributed by atoms with Crippen molar-refractivity contribution in [2.45, 2.75) is 306 Å². The Kier molecular flexibility index (Phi) is 56.4. The van der Waals surface area contributed by atoms with Gasteiger partial charge in [-0.2, -0.15) is 0 Å². The molecule has 45 heteroatoms. The second-order valence-corrected chi connectivity index (χ2v) is 34.4. The van der Waals surface area contributed by atoms with E-state index in [0.717, 1.165) is 25.7 Å². The van der Waals surface area contributed by atoms with E-state index in [4.69, 9.17) is 51.3 Å². The molecule has 4 aliphatic rings. The summed E-state index contributed by atoms with van der Waals surface area (Å²) in [7, 11) is -9.72. The van der Waals surface area contributed by atoms with Crippen molar-refractivity contribution in [2.24, 2.45) is 5.92 Å². The molecule has 19 atom stereocenters.